The second kappa shape index (κ2) is 6.19. The Labute approximate surface area is 117 Å². The summed E-state index contributed by atoms with van der Waals surface area (Å²) in [6.07, 6.45) is 0.191. The van der Waals surface area contributed by atoms with Crippen LogP contribution in [0.15, 0.2) is 48.5 Å². The van der Waals surface area contributed by atoms with Crippen molar-refractivity contribution in [3.63, 3.8) is 0 Å². The van der Waals surface area contributed by atoms with Crippen LogP contribution in [0.2, 0.25) is 0 Å². The van der Waals surface area contributed by atoms with E-state index in [1.165, 1.54) is 12.1 Å². The van der Waals surface area contributed by atoms with Crippen LogP contribution in [0, 0.1) is 5.82 Å². The zero-order valence-electron chi connectivity index (χ0n) is 11.3. The molecule has 104 valence electrons. The van der Waals surface area contributed by atoms with Crippen LogP contribution in [-0.2, 0) is 17.8 Å². The van der Waals surface area contributed by atoms with Gasteiger partial charge in [-0.25, -0.2) is 4.39 Å². The number of likely N-dealkylation sites (N-methyl/N-ethyl adjacent to an activating group) is 1. The minimum absolute atomic E-state index is 0.0574. The molecule has 0 saturated carbocycles. The van der Waals surface area contributed by atoms with Gasteiger partial charge in [0.15, 0.2) is 0 Å². The molecule has 0 unspecified atom stereocenters. The summed E-state index contributed by atoms with van der Waals surface area (Å²) in [6.45, 7) is 0.485. The van der Waals surface area contributed by atoms with Gasteiger partial charge in [-0.1, -0.05) is 24.3 Å². The SMILES string of the molecule is CN(Cc1cccc(N)c1)C(=O)Cc1cccc(F)c1. The molecule has 1 amide bonds. The lowest BCUT2D eigenvalue weighted by Crippen LogP contribution is -2.27. The maximum Gasteiger partial charge on any atom is 0.227 e. The summed E-state index contributed by atoms with van der Waals surface area (Å²) < 4.78 is 13.1. The molecule has 0 heterocycles. The predicted octanol–water partition coefficient (Wildman–Crippen LogP) is 2.61. The molecule has 0 aliphatic heterocycles. The Balaban J connectivity index is 1.98. The average molecular weight is 272 g/mol. The zero-order valence-corrected chi connectivity index (χ0v) is 11.3. The second-order valence-corrected chi connectivity index (χ2v) is 4.80. The highest BCUT2D eigenvalue weighted by Crippen LogP contribution is 2.11. The minimum Gasteiger partial charge on any atom is -0.399 e. The summed E-state index contributed by atoms with van der Waals surface area (Å²) >= 11 is 0. The van der Waals surface area contributed by atoms with Crippen molar-refractivity contribution in [1.82, 2.24) is 4.90 Å². The molecule has 0 radical (unpaired) electrons. The van der Waals surface area contributed by atoms with E-state index < -0.39 is 0 Å². The van der Waals surface area contributed by atoms with E-state index in [9.17, 15) is 9.18 Å². The van der Waals surface area contributed by atoms with Gasteiger partial charge in [-0.3, -0.25) is 4.79 Å². The van der Waals surface area contributed by atoms with Crippen molar-refractivity contribution in [2.24, 2.45) is 0 Å². The van der Waals surface area contributed by atoms with Crippen LogP contribution in [0.5, 0.6) is 0 Å². The maximum atomic E-state index is 13.1. The van der Waals surface area contributed by atoms with Crippen molar-refractivity contribution in [2.75, 3.05) is 12.8 Å². The van der Waals surface area contributed by atoms with E-state index in [-0.39, 0.29) is 18.1 Å². The van der Waals surface area contributed by atoms with Gasteiger partial charge in [0.1, 0.15) is 5.82 Å². The Hall–Kier alpha value is -2.36. The van der Waals surface area contributed by atoms with Gasteiger partial charge in [0.2, 0.25) is 5.91 Å². The van der Waals surface area contributed by atoms with Gasteiger partial charge in [-0.2, -0.15) is 0 Å². The first-order valence-corrected chi connectivity index (χ1v) is 6.37. The van der Waals surface area contributed by atoms with Crippen molar-refractivity contribution in [3.8, 4) is 0 Å². The molecule has 0 aromatic heterocycles. The Morgan fingerprint density at radius 2 is 1.85 bits per heavy atom. The van der Waals surface area contributed by atoms with Crippen molar-refractivity contribution in [2.45, 2.75) is 13.0 Å². The summed E-state index contributed by atoms with van der Waals surface area (Å²) in [5.41, 5.74) is 8.03. The van der Waals surface area contributed by atoms with Gasteiger partial charge in [0, 0.05) is 19.3 Å². The Morgan fingerprint density at radius 1 is 1.15 bits per heavy atom. The lowest BCUT2D eigenvalue weighted by molar-refractivity contribution is -0.129. The van der Waals surface area contributed by atoms with Crippen LogP contribution < -0.4 is 5.73 Å². The van der Waals surface area contributed by atoms with E-state index in [2.05, 4.69) is 0 Å². The third-order valence-corrected chi connectivity index (χ3v) is 3.04. The quantitative estimate of drug-likeness (QED) is 0.870. The Morgan fingerprint density at radius 3 is 2.55 bits per heavy atom. The number of carbonyl (C=O) groups is 1. The lowest BCUT2D eigenvalue weighted by Gasteiger charge is -2.17. The van der Waals surface area contributed by atoms with Gasteiger partial charge < -0.3 is 10.6 Å². The summed E-state index contributed by atoms with van der Waals surface area (Å²) in [7, 11) is 1.73. The maximum absolute atomic E-state index is 13.1. The van der Waals surface area contributed by atoms with E-state index in [1.54, 1.807) is 30.1 Å². The summed E-state index contributed by atoms with van der Waals surface area (Å²) in [6, 6.07) is 13.5. The van der Waals surface area contributed by atoms with Crippen molar-refractivity contribution < 1.29 is 9.18 Å². The molecule has 0 atom stereocenters. The molecule has 2 aromatic rings. The predicted molar refractivity (Wildman–Crippen MR) is 77.4 cm³/mol. The van der Waals surface area contributed by atoms with Crippen molar-refractivity contribution in [3.05, 3.63) is 65.5 Å². The average Bonchev–Trinajstić information content (AvgIpc) is 2.38. The summed E-state index contributed by atoms with van der Waals surface area (Å²) in [5, 5.41) is 0. The van der Waals surface area contributed by atoms with Crippen LogP contribution in [0.25, 0.3) is 0 Å². The van der Waals surface area contributed by atoms with Crippen LogP contribution in [0.4, 0.5) is 10.1 Å². The van der Waals surface area contributed by atoms with Gasteiger partial charge in [-0.05, 0) is 35.4 Å². The topological polar surface area (TPSA) is 46.3 Å². The zero-order chi connectivity index (χ0) is 14.5. The third-order valence-electron chi connectivity index (χ3n) is 3.04. The molecule has 2 rings (SSSR count). The minimum atomic E-state index is -0.325. The number of nitrogen functional groups attached to an aromatic ring is 1. The van der Waals surface area contributed by atoms with E-state index >= 15 is 0 Å². The number of nitrogens with two attached hydrogens (primary N) is 1. The molecule has 0 fully saturated rings. The number of amides is 1. The Kier molecular flexibility index (Phi) is 4.35. The number of anilines is 1. The molecule has 4 heteroatoms. The number of benzene rings is 2. The normalized spacial score (nSPS) is 10.3. The largest absolute Gasteiger partial charge is 0.399 e. The molecular formula is C16H17FN2O. The van der Waals surface area contributed by atoms with Crippen LogP contribution in [0.1, 0.15) is 11.1 Å². The Bertz CT molecular complexity index is 613. The van der Waals surface area contributed by atoms with E-state index in [4.69, 9.17) is 5.73 Å². The van der Waals surface area contributed by atoms with Gasteiger partial charge in [-0.15, -0.1) is 0 Å². The molecule has 2 aromatic carbocycles. The molecule has 3 nitrogen and oxygen atoms in total. The molecular weight excluding hydrogens is 255 g/mol. The molecule has 0 bridgehead atoms. The molecule has 0 saturated heterocycles. The fourth-order valence-electron chi connectivity index (χ4n) is 2.01. The molecule has 20 heavy (non-hydrogen) atoms. The smallest absolute Gasteiger partial charge is 0.227 e. The third kappa shape index (κ3) is 3.82. The summed E-state index contributed by atoms with van der Waals surface area (Å²) in [5.74, 6) is -0.383. The number of nitrogens with zero attached hydrogens (tertiary/aromatic N) is 1. The first-order valence-electron chi connectivity index (χ1n) is 6.37. The van der Waals surface area contributed by atoms with Crippen LogP contribution >= 0.6 is 0 Å². The standard InChI is InChI=1S/C16H17FN2O/c1-19(11-13-5-3-7-15(18)9-13)16(20)10-12-4-2-6-14(17)8-12/h2-9H,10-11,18H2,1H3. The highest BCUT2D eigenvalue weighted by atomic mass is 19.1. The first kappa shape index (κ1) is 14.1. The van der Waals surface area contributed by atoms with E-state index in [0.717, 1.165) is 5.56 Å². The fraction of sp³-hybridized carbons (Fsp3) is 0.188. The molecule has 0 aliphatic rings. The van der Waals surface area contributed by atoms with Crippen molar-refractivity contribution in [1.29, 1.82) is 0 Å². The number of hydrogen-bond donors (Lipinski definition) is 1. The fourth-order valence-corrected chi connectivity index (χ4v) is 2.01. The number of halogens is 1. The number of carbonyl (C=O) groups excluding carboxylic acids is 1. The number of rotatable bonds is 4. The first-order chi connectivity index (χ1) is 9.54. The number of hydrogen-bond acceptors (Lipinski definition) is 2. The molecule has 0 aliphatic carbocycles. The monoisotopic (exact) mass is 272 g/mol. The van der Waals surface area contributed by atoms with E-state index in [0.29, 0.717) is 17.8 Å². The summed E-state index contributed by atoms with van der Waals surface area (Å²) in [4.78, 5) is 13.7. The highest BCUT2D eigenvalue weighted by molar-refractivity contribution is 5.78. The highest BCUT2D eigenvalue weighted by Gasteiger charge is 2.10. The van der Waals surface area contributed by atoms with Crippen LogP contribution in [0.3, 0.4) is 0 Å². The second-order valence-electron chi connectivity index (χ2n) is 4.80. The lowest BCUT2D eigenvalue weighted by atomic mass is 10.1. The molecule has 0 spiro atoms. The van der Waals surface area contributed by atoms with E-state index in [1.807, 2.05) is 18.2 Å². The van der Waals surface area contributed by atoms with Gasteiger partial charge in [0.05, 0.1) is 6.42 Å². The molecule has 2 N–H and O–H groups in total. The van der Waals surface area contributed by atoms with Crippen molar-refractivity contribution >= 4 is 11.6 Å². The van der Waals surface area contributed by atoms with Gasteiger partial charge in [0.25, 0.3) is 0 Å². The van der Waals surface area contributed by atoms with Crippen LogP contribution in [-0.4, -0.2) is 17.9 Å². The van der Waals surface area contributed by atoms with Gasteiger partial charge >= 0.3 is 0 Å².